The van der Waals surface area contributed by atoms with E-state index in [0.29, 0.717) is 5.82 Å². The van der Waals surface area contributed by atoms with Crippen molar-refractivity contribution in [2.24, 2.45) is 5.73 Å². The zero-order valence-corrected chi connectivity index (χ0v) is 9.89. The van der Waals surface area contributed by atoms with Crippen LogP contribution in [0.3, 0.4) is 0 Å². The minimum absolute atomic E-state index is 0. The van der Waals surface area contributed by atoms with Gasteiger partial charge < -0.3 is 5.73 Å². The summed E-state index contributed by atoms with van der Waals surface area (Å²) < 4.78 is 1.02. The molecule has 0 radical (unpaired) electrons. The Bertz CT molecular complexity index is 242. The molecule has 0 fully saturated rings. The van der Waals surface area contributed by atoms with Gasteiger partial charge in [0.1, 0.15) is 5.82 Å². The monoisotopic (exact) mass is 299 g/mol. The molecule has 0 spiro atoms. The van der Waals surface area contributed by atoms with E-state index in [-0.39, 0.29) is 12.4 Å². The van der Waals surface area contributed by atoms with Gasteiger partial charge in [-0.3, -0.25) is 0 Å². The van der Waals surface area contributed by atoms with E-state index >= 15 is 0 Å². The topological polar surface area (TPSA) is 51.8 Å². The Balaban J connectivity index is 0.00000121. The molecule has 0 aliphatic carbocycles. The fourth-order valence-electron chi connectivity index (χ4n) is 0.645. The molecule has 3 nitrogen and oxygen atoms in total. The van der Waals surface area contributed by atoms with Crippen LogP contribution in [-0.4, -0.2) is 9.97 Å². The summed E-state index contributed by atoms with van der Waals surface area (Å²) in [5.41, 5.74) is 5.34. The predicted octanol–water partition coefficient (Wildman–Crippen LogP) is 1.70. The molecular weight excluding hydrogens is 288 g/mol. The van der Waals surface area contributed by atoms with E-state index in [0.717, 1.165) is 3.57 Å². The van der Waals surface area contributed by atoms with E-state index in [9.17, 15) is 0 Å². The van der Waals surface area contributed by atoms with Crippen molar-refractivity contribution in [3.8, 4) is 0 Å². The van der Waals surface area contributed by atoms with Crippen molar-refractivity contribution in [2.75, 3.05) is 0 Å². The molecule has 0 atom stereocenters. The normalized spacial score (nSPS) is 10.7. The van der Waals surface area contributed by atoms with Crippen LogP contribution in [0.1, 0.15) is 19.7 Å². The van der Waals surface area contributed by atoms with Gasteiger partial charge >= 0.3 is 0 Å². The second kappa shape index (κ2) is 4.34. The summed E-state index contributed by atoms with van der Waals surface area (Å²) in [7, 11) is 0. The first kappa shape index (κ1) is 12.1. The number of rotatable bonds is 1. The summed E-state index contributed by atoms with van der Waals surface area (Å²) in [5, 5.41) is 0. The summed E-state index contributed by atoms with van der Waals surface area (Å²) in [6, 6.07) is 0. The zero-order chi connectivity index (χ0) is 8.48. The van der Waals surface area contributed by atoms with E-state index < -0.39 is 5.54 Å². The summed E-state index contributed by atoms with van der Waals surface area (Å²) >= 11 is 2.16. The lowest BCUT2D eigenvalue weighted by Gasteiger charge is -2.15. The van der Waals surface area contributed by atoms with Crippen molar-refractivity contribution in [3.05, 3.63) is 21.8 Å². The van der Waals surface area contributed by atoms with Gasteiger partial charge in [-0.2, -0.15) is 0 Å². The predicted molar refractivity (Wildman–Crippen MR) is 59.2 cm³/mol. The molecule has 1 heterocycles. The van der Waals surface area contributed by atoms with Crippen LogP contribution in [0, 0.1) is 3.57 Å². The SMILES string of the molecule is CC(C)(N)c1ncc(I)cn1.Cl. The average Bonchev–Trinajstić information content (AvgIpc) is 1.86. The lowest BCUT2D eigenvalue weighted by Crippen LogP contribution is -2.31. The van der Waals surface area contributed by atoms with Gasteiger partial charge in [-0.1, -0.05) is 0 Å². The average molecular weight is 300 g/mol. The van der Waals surface area contributed by atoms with Gasteiger partial charge in [-0.15, -0.1) is 12.4 Å². The van der Waals surface area contributed by atoms with Crippen LogP contribution >= 0.6 is 35.0 Å². The van der Waals surface area contributed by atoms with E-state index in [4.69, 9.17) is 5.73 Å². The fraction of sp³-hybridized carbons (Fsp3) is 0.429. The van der Waals surface area contributed by atoms with Gasteiger partial charge in [0, 0.05) is 16.0 Å². The Morgan fingerprint density at radius 2 is 1.75 bits per heavy atom. The second-order valence-electron chi connectivity index (χ2n) is 2.95. The number of nitrogens with zero attached hydrogens (tertiary/aromatic N) is 2. The molecule has 0 aliphatic heterocycles. The molecule has 1 aromatic rings. The Kier molecular flexibility index (Phi) is 4.36. The van der Waals surface area contributed by atoms with Crippen LogP contribution in [0.2, 0.25) is 0 Å². The standard InChI is InChI=1S/C7H10IN3.ClH/c1-7(2,9)6-10-3-5(8)4-11-6;/h3-4H,9H2,1-2H3;1H. The minimum Gasteiger partial charge on any atom is -0.319 e. The number of halogens is 2. The molecule has 68 valence electrons. The summed E-state index contributed by atoms with van der Waals surface area (Å²) in [5.74, 6) is 0.679. The van der Waals surface area contributed by atoms with Crippen LogP contribution in [-0.2, 0) is 5.54 Å². The smallest absolute Gasteiger partial charge is 0.147 e. The van der Waals surface area contributed by atoms with Crippen LogP contribution < -0.4 is 5.73 Å². The Morgan fingerprint density at radius 3 is 2.08 bits per heavy atom. The highest BCUT2D eigenvalue weighted by atomic mass is 127. The lowest BCUT2D eigenvalue weighted by molar-refractivity contribution is 0.513. The highest BCUT2D eigenvalue weighted by Gasteiger charge is 2.16. The quantitative estimate of drug-likeness (QED) is 0.803. The lowest BCUT2D eigenvalue weighted by atomic mass is 10.1. The molecule has 0 amide bonds. The molecule has 2 N–H and O–H groups in total. The molecule has 0 saturated heterocycles. The third kappa shape index (κ3) is 3.20. The fourth-order valence-corrected chi connectivity index (χ4v) is 0.924. The summed E-state index contributed by atoms with van der Waals surface area (Å²) in [4.78, 5) is 8.21. The molecule has 0 saturated carbocycles. The van der Waals surface area contributed by atoms with Gasteiger partial charge in [0.25, 0.3) is 0 Å². The third-order valence-corrected chi connectivity index (χ3v) is 1.75. The Labute approximate surface area is 91.7 Å². The highest BCUT2D eigenvalue weighted by molar-refractivity contribution is 14.1. The molecule has 0 aliphatic rings. The largest absolute Gasteiger partial charge is 0.319 e. The van der Waals surface area contributed by atoms with Gasteiger partial charge in [0.15, 0.2) is 0 Å². The molecule has 1 aromatic heterocycles. The Hall–Kier alpha value is 0.0600. The summed E-state index contributed by atoms with van der Waals surface area (Å²) in [6.45, 7) is 3.77. The van der Waals surface area contributed by atoms with Gasteiger partial charge in [0.05, 0.1) is 5.54 Å². The molecule has 0 bridgehead atoms. The van der Waals surface area contributed by atoms with Crippen LogP contribution in [0.25, 0.3) is 0 Å². The minimum atomic E-state index is -0.440. The summed E-state index contributed by atoms with van der Waals surface area (Å²) in [6.07, 6.45) is 3.52. The molecule has 5 heteroatoms. The van der Waals surface area contributed by atoms with Crippen molar-refractivity contribution in [1.29, 1.82) is 0 Å². The molecule has 12 heavy (non-hydrogen) atoms. The van der Waals surface area contributed by atoms with Crippen molar-refractivity contribution >= 4 is 35.0 Å². The Morgan fingerprint density at radius 1 is 1.33 bits per heavy atom. The highest BCUT2D eigenvalue weighted by Crippen LogP contribution is 2.11. The molecule has 0 aromatic carbocycles. The van der Waals surface area contributed by atoms with Gasteiger partial charge in [-0.25, -0.2) is 9.97 Å². The number of nitrogens with two attached hydrogens (primary N) is 1. The van der Waals surface area contributed by atoms with Crippen LogP contribution in [0.15, 0.2) is 12.4 Å². The zero-order valence-electron chi connectivity index (χ0n) is 6.91. The number of aromatic nitrogens is 2. The first-order valence-electron chi connectivity index (χ1n) is 3.27. The van der Waals surface area contributed by atoms with Crippen molar-refractivity contribution in [3.63, 3.8) is 0 Å². The maximum atomic E-state index is 5.78. The van der Waals surface area contributed by atoms with E-state index in [1.54, 1.807) is 12.4 Å². The molecule has 0 unspecified atom stereocenters. The maximum Gasteiger partial charge on any atom is 0.147 e. The van der Waals surface area contributed by atoms with E-state index in [1.807, 2.05) is 13.8 Å². The van der Waals surface area contributed by atoms with Crippen LogP contribution in [0.5, 0.6) is 0 Å². The van der Waals surface area contributed by atoms with Gasteiger partial charge in [-0.05, 0) is 36.4 Å². The first-order chi connectivity index (χ1) is 5.00. The van der Waals surface area contributed by atoms with Crippen molar-refractivity contribution < 1.29 is 0 Å². The molecular formula is C7H11ClIN3. The number of hydrogen-bond acceptors (Lipinski definition) is 3. The van der Waals surface area contributed by atoms with E-state index in [1.165, 1.54) is 0 Å². The van der Waals surface area contributed by atoms with E-state index in [2.05, 4.69) is 32.6 Å². The number of hydrogen-bond donors (Lipinski definition) is 1. The first-order valence-corrected chi connectivity index (χ1v) is 4.35. The van der Waals surface area contributed by atoms with Gasteiger partial charge in [0.2, 0.25) is 0 Å². The maximum absolute atomic E-state index is 5.78. The molecule has 1 rings (SSSR count). The van der Waals surface area contributed by atoms with Crippen molar-refractivity contribution in [2.45, 2.75) is 19.4 Å². The van der Waals surface area contributed by atoms with Crippen LogP contribution in [0.4, 0.5) is 0 Å². The van der Waals surface area contributed by atoms with Crippen molar-refractivity contribution in [1.82, 2.24) is 9.97 Å². The third-order valence-electron chi connectivity index (χ3n) is 1.20. The second-order valence-corrected chi connectivity index (χ2v) is 4.19.